The SMILES string of the molecule is COc1ccccc1OCCNC(=O)c1cnc(OC(C)C)c(Cl)c1. The van der Waals surface area contributed by atoms with Crippen molar-refractivity contribution >= 4 is 17.5 Å². The fraction of sp³-hybridized carbons (Fsp3) is 0.333. The van der Waals surface area contributed by atoms with Crippen molar-refractivity contribution < 1.29 is 19.0 Å². The molecule has 1 N–H and O–H groups in total. The van der Waals surface area contributed by atoms with Crippen molar-refractivity contribution in [2.75, 3.05) is 20.3 Å². The minimum Gasteiger partial charge on any atom is -0.493 e. The van der Waals surface area contributed by atoms with E-state index in [1.807, 2.05) is 32.0 Å². The van der Waals surface area contributed by atoms with Gasteiger partial charge in [0.15, 0.2) is 11.5 Å². The number of methoxy groups -OCH3 is 1. The van der Waals surface area contributed by atoms with E-state index in [0.717, 1.165) is 0 Å². The maximum absolute atomic E-state index is 12.1. The zero-order chi connectivity index (χ0) is 18.2. The Hall–Kier alpha value is -2.47. The number of pyridine rings is 1. The summed E-state index contributed by atoms with van der Waals surface area (Å²) < 4.78 is 16.2. The lowest BCUT2D eigenvalue weighted by molar-refractivity contribution is 0.0946. The molecule has 0 aliphatic rings. The van der Waals surface area contributed by atoms with Crippen LogP contribution >= 0.6 is 11.6 Å². The maximum atomic E-state index is 12.1. The van der Waals surface area contributed by atoms with Gasteiger partial charge in [-0.25, -0.2) is 4.98 Å². The third-order valence-corrected chi connectivity index (χ3v) is 3.40. The molecule has 1 aromatic carbocycles. The smallest absolute Gasteiger partial charge is 0.253 e. The number of ether oxygens (including phenoxy) is 3. The Morgan fingerprint density at radius 2 is 2.00 bits per heavy atom. The number of para-hydroxylation sites is 2. The van der Waals surface area contributed by atoms with Gasteiger partial charge in [-0.15, -0.1) is 0 Å². The van der Waals surface area contributed by atoms with Crippen molar-refractivity contribution in [1.29, 1.82) is 0 Å². The summed E-state index contributed by atoms with van der Waals surface area (Å²) in [5.74, 6) is 1.30. The van der Waals surface area contributed by atoms with E-state index in [1.54, 1.807) is 13.2 Å². The zero-order valence-electron chi connectivity index (χ0n) is 14.4. The largest absolute Gasteiger partial charge is 0.493 e. The number of aromatic nitrogens is 1. The summed E-state index contributed by atoms with van der Waals surface area (Å²) >= 11 is 6.09. The number of rotatable bonds is 8. The Labute approximate surface area is 152 Å². The first kappa shape index (κ1) is 18.9. The van der Waals surface area contributed by atoms with Gasteiger partial charge < -0.3 is 19.5 Å². The number of halogens is 1. The summed E-state index contributed by atoms with van der Waals surface area (Å²) in [7, 11) is 1.58. The molecule has 0 bridgehead atoms. The van der Waals surface area contributed by atoms with E-state index in [1.165, 1.54) is 12.3 Å². The molecular formula is C18H21ClN2O4. The summed E-state index contributed by atoms with van der Waals surface area (Å²) in [6.07, 6.45) is 1.39. The molecule has 0 unspecified atom stereocenters. The molecule has 0 aliphatic heterocycles. The molecule has 25 heavy (non-hydrogen) atoms. The van der Waals surface area contributed by atoms with Crippen molar-refractivity contribution in [1.82, 2.24) is 10.3 Å². The van der Waals surface area contributed by atoms with Gasteiger partial charge in [-0.3, -0.25) is 4.79 Å². The first-order valence-corrected chi connectivity index (χ1v) is 8.25. The van der Waals surface area contributed by atoms with E-state index in [0.29, 0.717) is 41.1 Å². The van der Waals surface area contributed by atoms with Crippen LogP contribution in [0.2, 0.25) is 5.02 Å². The van der Waals surface area contributed by atoms with E-state index >= 15 is 0 Å². The van der Waals surface area contributed by atoms with E-state index in [-0.39, 0.29) is 12.0 Å². The van der Waals surface area contributed by atoms with Crippen molar-refractivity contribution in [2.24, 2.45) is 0 Å². The lowest BCUT2D eigenvalue weighted by Crippen LogP contribution is -2.28. The Balaban J connectivity index is 1.85. The number of benzene rings is 1. The molecular weight excluding hydrogens is 344 g/mol. The van der Waals surface area contributed by atoms with E-state index < -0.39 is 0 Å². The molecule has 2 aromatic rings. The molecule has 0 aliphatic carbocycles. The molecule has 7 heteroatoms. The van der Waals surface area contributed by atoms with Crippen LogP contribution in [0.15, 0.2) is 36.5 Å². The van der Waals surface area contributed by atoms with Gasteiger partial charge in [0.05, 0.1) is 25.3 Å². The number of carbonyl (C=O) groups is 1. The summed E-state index contributed by atoms with van der Waals surface area (Å²) in [4.78, 5) is 16.2. The van der Waals surface area contributed by atoms with Crippen LogP contribution in [0.3, 0.4) is 0 Å². The van der Waals surface area contributed by atoms with Crippen LogP contribution in [0.4, 0.5) is 0 Å². The van der Waals surface area contributed by atoms with Crippen molar-refractivity contribution in [2.45, 2.75) is 20.0 Å². The Morgan fingerprint density at radius 3 is 2.64 bits per heavy atom. The van der Waals surface area contributed by atoms with Crippen LogP contribution in [-0.4, -0.2) is 37.3 Å². The molecule has 1 aromatic heterocycles. The highest BCUT2D eigenvalue weighted by molar-refractivity contribution is 6.32. The Bertz CT molecular complexity index is 722. The fourth-order valence-electron chi connectivity index (χ4n) is 2.03. The van der Waals surface area contributed by atoms with Crippen molar-refractivity contribution in [3.05, 3.63) is 47.1 Å². The molecule has 0 fully saturated rings. The van der Waals surface area contributed by atoms with Gasteiger partial charge in [0.25, 0.3) is 5.91 Å². The van der Waals surface area contributed by atoms with Gasteiger partial charge in [-0.05, 0) is 32.0 Å². The fourth-order valence-corrected chi connectivity index (χ4v) is 2.24. The Kier molecular flexibility index (Phi) is 6.89. The number of hydrogen-bond donors (Lipinski definition) is 1. The molecule has 2 rings (SSSR count). The second-order valence-corrected chi connectivity index (χ2v) is 5.84. The van der Waals surface area contributed by atoms with E-state index in [9.17, 15) is 4.79 Å². The van der Waals surface area contributed by atoms with Crippen molar-refractivity contribution in [3.8, 4) is 17.4 Å². The number of nitrogens with one attached hydrogen (secondary N) is 1. The van der Waals surface area contributed by atoms with Crippen LogP contribution < -0.4 is 19.5 Å². The lowest BCUT2D eigenvalue weighted by Gasteiger charge is -2.12. The number of carbonyl (C=O) groups excluding carboxylic acids is 1. The average Bonchev–Trinajstić information content (AvgIpc) is 2.60. The second-order valence-electron chi connectivity index (χ2n) is 5.43. The summed E-state index contributed by atoms with van der Waals surface area (Å²) in [5, 5.41) is 3.05. The molecule has 1 amide bonds. The molecule has 0 spiro atoms. The zero-order valence-corrected chi connectivity index (χ0v) is 15.2. The highest BCUT2D eigenvalue weighted by atomic mass is 35.5. The third-order valence-electron chi connectivity index (χ3n) is 3.13. The van der Waals surface area contributed by atoms with Crippen molar-refractivity contribution in [3.63, 3.8) is 0 Å². The average molecular weight is 365 g/mol. The van der Waals surface area contributed by atoms with Crippen LogP contribution in [0.25, 0.3) is 0 Å². The summed E-state index contributed by atoms with van der Waals surface area (Å²) in [5.41, 5.74) is 0.360. The topological polar surface area (TPSA) is 69.7 Å². The molecule has 1 heterocycles. The highest BCUT2D eigenvalue weighted by Gasteiger charge is 2.11. The molecule has 134 valence electrons. The second kappa shape index (κ2) is 9.13. The van der Waals surface area contributed by atoms with Gasteiger partial charge in [0, 0.05) is 6.20 Å². The standard InChI is InChI=1S/C18H21ClN2O4/c1-12(2)25-18-14(19)10-13(11-21-18)17(22)20-8-9-24-16-7-5-4-6-15(16)23-3/h4-7,10-12H,8-9H2,1-3H3,(H,20,22). The van der Waals surface area contributed by atoms with Gasteiger partial charge in [-0.2, -0.15) is 0 Å². The first-order valence-electron chi connectivity index (χ1n) is 7.87. The Morgan fingerprint density at radius 1 is 1.28 bits per heavy atom. The highest BCUT2D eigenvalue weighted by Crippen LogP contribution is 2.25. The van der Waals surface area contributed by atoms with Gasteiger partial charge in [0.1, 0.15) is 11.6 Å². The minimum absolute atomic E-state index is 0.0446. The quantitative estimate of drug-likeness (QED) is 0.727. The molecule has 0 atom stereocenters. The van der Waals surface area contributed by atoms with Gasteiger partial charge >= 0.3 is 0 Å². The maximum Gasteiger partial charge on any atom is 0.253 e. The molecule has 0 radical (unpaired) electrons. The van der Waals surface area contributed by atoms with Gasteiger partial charge in [0.2, 0.25) is 5.88 Å². The van der Waals surface area contributed by atoms with Crippen LogP contribution in [-0.2, 0) is 0 Å². The first-order chi connectivity index (χ1) is 12.0. The predicted octanol–water partition coefficient (Wildman–Crippen LogP) is 3.34. The van der Waals surface area contributed by atoms with Crippen LogP contribution in [0.1, 0.15) is 24.2 Å². The van der Waals surface area contributed by atoms with E-state index in [2.05, 4.69) is 10.3 Å². The number of nitrogens with zero attached hydrogens (tertiary/aromatic N) is 1. The molecule has 0 saturated heterocycles. The molecule has 6 nitrogen and oxygen atoms in total. The number of hydrogen-bond acceptors (Lipinski definition) is 5. The summed E-state index contributed by atoms with van der Waals surface area (Å²) in [6.45, 7) is 4.39. The molecule has 0 saturated carbocycles. The van der Waals surface area contributed by atoms with Crippen LogP contribution in [0, 0.1) is 0 Å². The number of amides is 1. The predicted molar refractivity (Wildman–Crippen MR) is 95.8 cm³/mol. The minimum atomic E-state index is -0.283. The normalized spacial score (nSPS) is 10.4. The third kappa shape index (κ3) is 5.53. The van der Waals surface area contributed by atoms with Crippen LogP contribution in [0.5, 0.6) is 17.4 Å². The van der Waals surface area contributed by atoms with E-state index in [4.69, 9.17) is 25.8 Å². The van der Waals surface area contributed by atoms with Gasteiger partial charge in [-0.1, -0.05) is 23.7 Å². The summed E-state index contributed by atoms with van der Waals surface area (Å²) in [6, 6.07) is 8.85. The monoisotopic (exact) mass is 364 g/mol. The lowest BCUT2D eigenvalue weighted by atomic mass is 10.2.